The minimum atomic E-state index is -0.220. The van der Waals surface area contributed by atoms with E-state index < -0.39 is 0 Å². The molecular formula is C19H24FN5OS. The minimum Gasteiger partial charge on any atom is -0.368 e. The van der Waals surface area contributed by atoms with Gasteiger partial charge in [0.15, 0.2) is 5.13 Å². The SMILES string of the molecule is O=C(CN1CCN(c2nccs2)CC1)N1CCN(c2ccc(F)cc2)CC1. The van der Waals surface area contributed by atoms with Crippen molar-refractivity contribution in [3.05, 3.63) is 41.7 Å². The summed E-state index contributed by atoms with van der Waals surface area (Å²) in [6.45, 7) is 7.11. The molecule has 8 heteroatoms. The molecule has 2 fully saturated rings. The summed E-state index contributed by atoms with van der Waals surface area (Å²) in [7, 11) is 0. The van der Waals surface area contributed by atoms with Crippen molar-refractivity contribution in [2.75, 3.05) is 68.7 Å². The molecular weight excluding hydrogens is 365 g/mol. The van der Waals surface area contributed by atoms with Crippen molar-refractivity contribution in [1.29, 1.82) is 0 Å². The number of piperazine rings is 2. The number of nitrogens with zero attached hydrogens (tertiary/aromatic N) is 5. The third-order valence-corrected chi connectivity index (χ3v) is 6.08. The Kier molecular flexibility index (Phi) is 5.54. The van der Waals surface area contributed by atoms with E-state index >= 15 is 0 Å². The van der Waals surface area contributed by atoms with Crippen molar-refractivity contribution in [2.24, 2.45) is 0 Å². The monoisotopic (exact) mass is 389 g/mol. The van der Waals surface area contributed by atoms with Gasteiger partial charge >= 0.3 is 0 Å². The number of aromatic nitrogens is 1. The number of thiazole rings is 1. The van der Waals surface area contributed by atoms with Crippen molar-refractivity contribution in [2.45, 2.75) is 0 Å². The normalized spacial score (nSPS) is 18.8. The molecule has 0 aliphatic carbocycles. The molecule has 0 N–H and O–H groups in total. The number of anilines is 2. The lowest BCUT2D eigenvalue weighted by Gasteiger charge is -2.38. The van der Waals surface area contributed by atoms with Crippen LogP contribution in [0.2, 0.25) is 0 Å². The number of amides is 1. The third-order valence-electron chi connectivity index (χ3n) is 5.25. The van der Waals surface area contributed by atoms with Gasteiger partial charge in [0.2, 0.25) is 5.91 Å². The van der Waals surface area contributed by atoms with Gasteiger partial charge < -0.3 is 14.7 Å². The molecule has 144 valence electrons. The van der Waals surface area contributed by atoms with Crippen LogP contribution >= 0.6 is 11.3 Å². The Morgan fingerprint density at radius 2 is 1.63 bits per heavy atom. The smallest absolute Gasteiger partial charge is 0.236 e. The number of hydrogen-bond donors (Lipinski definition) is 0. The molecule has 1 aromatic heterocycles. The van der Waals surface area contributed by atoms with Gasteiger partial charge in [0.25, 0.3) is 0 Å². The maximum atomic E-state index is 13.1. The second-order valence-electron chi connectivity index (χ2n) is 6.92. The lowest BCUT2D eigenvalue weighted by atomic mass is 10.2. The van der Waals surface area contributed by atoms with Gasteiger partial charge in [-0.2, -0.15) is 0 Å². The van der Waals surface area contributed by atoms with Gasteiger partial charge in [-0.25, -0.2) is 9.37 Å². The Bertz CT molecular complexity index is 738. The van der Waals surface area contributed by atoms with E-state index in [1.165, 1.54) is 12.1 Å². The summed E-state index contributed by atoms with van der Waals surface area (Å²) in [5.74, 6) is -0.0148. The predicted molar refractivity (Wildman–Crippen MR) is 106 cm³/mol. The van der Waals surface area contributed by atoms with E-state index in [0.717, 1.165) is 63.2 Å². The lowest BCUT2D eigenvalue weighted by Crippen LogP contribution is -2.54. The fourth-order valence-corrected chi connectivity index (χ4v) is 4.32. The Labute approximate surface area is 162 Å². The minimum absolute atomic E-state index is 0.205. The first-order valence-corrected chi connectivity index (χ1v) is 10.2. The van der Waals surface area contributed by atoms with Gasteiger partial charge in [-0.1, -0.05) is 0 Å². The number of halogens is 1. The van der Waals surface area contributed by atoms with Crippen LogP contribution in [0.5, 0.6) is 0 Å². The van der Waals surface area contributed by atoms with Crippen molar-refractivity contribution >= 4 is 28.1 Å². The van der Waals surface area contributed by atoms with Crippen LogP contribution < -0.4 is 9.80 Å². The zero-order valence-electron chi connectivity index (χ0n) is 15.3. The number of carbonyl (C=O) groups excluding carboxylic acids is 1. The molecule has 3 heterocycles. The van der Waals surface area contributed by atoms with E-state index in [1.807, 2.05) is 16.5 Å². The van der Waals surface area contributed by atoms with Gasteiger partial charge in [-0.15, -0.1) is 11.3 Å². The molecule has 1 aromatic carbocycles. The van der Waals surface area contributed by atoms with Gasteiger partial charge in [0.05, 0.1) is 6.54 Å². The van der Waals surface area contributed by atoms with Crippen LogP contribution in [0.15, 0.2) is 35.8 Å². The quantitative estimate of drug-likeness (QED) is 0.797. The third kappa shape index (κ3) is 4.39. The Morgan fingerprint density at radius 1 is 0.963 bits per heavy atom. The summed E-state index contributed by atoms with van der Waals surface area (Å²) in [4.78, 5) is 25.7. The molecule has 4 rings (SSSR count). The number of rotatable bonds is 4. The molecule has 2 aliphatic heterocycles. The highest BCUT2D eigenvalue weighted by molar-refractivity contribution is 7.13. The van der Waals surface area contributed by atoms with E-state index in [1.54, 1.807) is 23.5 Å². The highest BCUT2D eigenvalue weighted by Crippen LogP contribution is 2.19. The number of carbonyl (C=O) groups is 1. The van der Waals surface area contributed by atoms with Gasteiger partial charge in [-0.3, -0.25) is 9.69 Å². The highest BCUT2D eigenvalue weighted by Gasteiger charge is 2.25. The average molecular weight is 390 g/mol. The van der Waals surface area contributed by atoms with Crippen molar-refractivity contribution in [1.82, 2.24) is 14.8 Å². The number of hydrogen-bond acceptors (Lipinski definition) is 6. The first-order chi connectivity index (χ1) is 13.2. The molecule has 0 radical (unpaired) electrons. The van der Waals surface area contributed by atoms with Crippen LogP contribution in [-0.2, 0) is 4.79 Å². The molecule has 2 saturated heterocycles. The summed E-state index contributed by atoms with van der Waals surface area (Å²) in [5.41, 5.74) is 1.02. The standard InChI is InChI=1S/C19H24FN5OS/c20-16-1-3-17(4-2-16)23-10-12-24(13-11-23)18(26)15-22-6-8-25(9-7-22)19-21-5-14-27-19/h1-5,14H,6-13,15H2. The maximum Gasteiger partial charge on any atom is 0.236 e. The van der Waals surface area contributed by atoms with Crippen LogP contribution in [0.25, 0.3) is 0 Å². The first kappa shape index (κ1) is 18.2. The first-order valence-electron chi connectivity index (χ1n) is 9.34. The highest BCUT2D eigenvalue weighted by atomic mass is 32.1. The van der Waals surface area contributed by atoms with Crippen LogP contribution in [-0.4, -0.2) is 79.6 Å². The van der Waals surface area contributed by atoms with Crippen LogP contribution in [0.4, 0.5) is 15.2 Å². The fraction of sp³-hybridized carbons (Fsp3) is 0.474. The molecule has 0 unspecified atom stereocenters. The predicted octanol–water partition coefficient (Wildman–Crippen LogP) is 1.75. The van der Waals surface area contributed by atoms with Gasteiger partial charge in [0.1, 0.15) is 5.82 Å². The summed E-state index contributed by atoms with van der Waals surface area (Å²) >= 11 is 1.66. The molecule has 0 spiro atoms. The molecule has 27 heavy (non-hydrogen) atoms. The zero-order valence-corrected chi connectivity index (χ0v) is 16.1. The second kappa shape index (κ2) is 8.22. The van der Waals surface area contributed by atoms with E-state index in [0.29, 0.717) is 6.54 Å². The Hall–Kier alpha value is -2.19. The van der Waals surface area contributed by atoms with Crippen LogP contribution in [0.3, 0.4) is 0 Å². The van der Waals surface area contributed by atoms with Crippen molar-refractivity contribution < 1.29 is 9.18 Å². The Balaban J connectivity index is 1.22. The van der Waals surface area contributed by atoms with Gasteiger partial charge in [-0.05, 0) is 24.3 Å². The lowest BCUT2D eigenvalue weighted by molar-refractivity contribution is -0.132. The van der Waals surface area contributed by atoms with E-state index in [2.05, 4.69) is 19.7 Å². The van der Waals surface area contributed by atoms with Crippen LogP contribution in [0, 0.1) is 5.82 Å². The molecule has 0 bridgehead atoms. The van der Waals surface area contributed by atoms with Crippen molar-refractivity contribution in [3.63, 3.8) is 0 Å². The molecule has 0 atom stereocenters. The van der Waals surface area contributed by atoms with E-state index in [4.69, 9.17) is 0 Å². The van der Waals surface area contributed by atoms with Crippen LogP contribution in [0.1, 0.15) is 0 Å². The maximum absolute atomic E-state index is 13.1. The molecule has 0 saturated carbocycles. The van der Waals surface area contributed by atoms with E-state index in [9.17, 15) is 9.18 Å². The summed E-state index contributed by atoms with van der Waals surface area (Å²) in [6, 6.07) is 6.57. The molecule has 6 nitrogen and oxygen atoms in total. The summed E-state index contributed by atoms with van der Waals surface area (Å²) in [6.07, 6.45) is 1.83. The van der Waals surface area contributed by atoms with E-state index in [-0.39, 0.29) is 11.7 Å². The van der Waals surface area contributed by atoms with Crippen molar-refractivity contribution in [3.8, 4) is 0 Å². The zero-order chi connectivity index (χ0) is 18.6. The molecule has 1 amide bonds. The Morgan fingerprint density at radius 3 is 2.26 bits per heavy atom. The average Bonchev–Trinajstić information content (AvgIpc) is 3.24. The second-order valence-corrected chi connectivity index (χ2v) is 7.80. The topological polar surface area (TPSA) is 42.9 Å². The van der Waals surface area contributed by atoms with Gasteiger partial charge in [0, 0.05) is 69.6 Å². The molecule has 2 aromatic rings. The summed E-state index contributed by atoms with van der Waals surface area (Å²) < 4.78 is 13.1. The largest absolute Gasteiger partial charge is 0.368 e. The summed E-state index contributed by atoms with van der Waals surface area (Å²) in [5, 5.41) is 3.06. The number of benzene rings is 1. The molecule has 2 aliphatic rings. The fourth-order valence-electron chi connectivity index (χ4n) is 3.63.